The maximum Gasteiger partial charge on any atom is 0.255 e. The van der Waals surface area contributed by atoms with Gasteiger partial charge >= 0.3 is 0 Å². The summed E-state index contributed by atoms with van der Waals surface area (Å²) >= 11 is 0. The van der Waals surface area contributed by atoms with Gasteiger partial charge in [-0.15, -0.1) is 24.0 Å². The number of hydrogen-bond donors (Lipinski definition) is 3. The van der Waals surface area contributed by atoms with Gasteiger partial charge in [-0.2, -0.15) is 0 Å². The molecule has 28 heavy (non-hydrogen) atoms. The number of guanidine groups is 1. The molecule has 2 aliphatic rings. The Morgan fingerprint density at radius 3 is 2.68 bits per heavy atom. The van der Waals surface area contributed by atoms with Gasteiger partial charge in [-0.25, -0.2) is 0 Å². The first-order valence-corrected chi connectivity index (χ1v) is 10.0. The largest absolute Gasteiger partial charge is 0.507 e. The van der Waals surface area contributed by atoms with Crippen molar-refractivity contribution in [2.24, 2.45) is 4.99 Å². The number of para-hydroxylation sites is 1. The van der Waals surface area contributed by atoms with Gasteiger partial charge in [0.1, 0.15) is 5.75 Å². The number of phenols is 1. The summed E-state index contributed by atoms with van der Waals surface area (Å²) < 4.78 is 0. The lowest BCUT2D eigenvalue weighted by molar-refractivity contribution is 0.0952. The molecule has 3 rings (SSSR count). The molecule has 1 aromatic carbocycles. The van der Waals surface area contributed by atoms with Crippen molar-refractivity contribution in [1.82, 2.24) is 20.4 Å². The Kier molecular flexibility index (Phi) is 9.30. The van der Waals surface area contributed by atoms with E-state index in [9.17, 15) is 9.90 Å². The predicted octanol–water partition coefficient (Wildman–Crippen LogP) is 1.88. The third-order valence-electron chi connectivity index (χ3n) is 5.26. The number of likely N-dealkylation sites (tertiary alicyclic amines) is 2. The highest BCUT2D eigenvalue weighted by Gasteiger charge is 2.30. The number of aromatic hydroxyl groups is 1. The quantitative estimate of drug-likeness (QED) is 0.240. The molecule has 1 amide bonds. The van der Waals surface area contributed by atoms with E-state index in [4.69, 9.17) is 0 Å². The van der Waals surface area contributed by atoms with Crippen molar-refractivity contribution in [2.75, 3.05) is 45.8 Å². The smallest absolute Gasteiger partial charge is 0.255 e. The number of hydrogen-bond acceptors (Lipinski definition) is 4. The van der Waals surface area contributed by atoms with E-state index in [2.05, 4.69) is 32.3 Å². The van der Waals surface area contributed by atoms with Crippen LogP contribution in [-0.4, -0.2) is 78.6 Å². The molecule has 2 aliphatic heterocycles. The van der Waals surface area contributed by atoms with Crippen LogP contribution in [0.4, 0.5) is 0 Å². The molecule has 0 bridgehead atoms. The van der Waals surface area contributed by atoms with Crippen LogP contribution in [0.15, 0.2) is 29.3 Å². The first kappa shape index (κ1) is 22.7. The maximum atomic E-state index is 12.1. The van der Waals surface area contributed by atoms with Gasteiger partial charge < -0.3 is 20.6 Å². The van der Waals surface area contributed by atoms with Gasteiger partial charge in [0.15, 0.2) is 5.96 Å². The highest BCUT2D eigenvalue weighted by molar-refractivity contribution is 14.0. The number of rotatable bonds is 6. The first-order valence-electron chi connectivity index (χ1n) is 10.0. The minimum absolute atomic E-state index is 0. The third-order valence-corrected chi connectivity index (χ3v) is 5.26. The average Bonchev–Trinajstić information content (AvgIpc) is 3.36. The zero-order valence-electron chi connectivity index (χ0n) is 16.6. The number of phenolic OH excluding ortho intramolecular Hbond substituents is 1. The van der Waals surface area contributed by atoms with Crippen LogP contribution < -0.4 is 10.6 Å². The van der Waals surface area contributed by atoms with Crippen molar-refractivity contribution in [1.29, 1.82) is 0 Å². The molecule has 2 fully saturated rings. The Balaban J connectivity index is 0.00000280. The van der Waals surface area contributed by atoms with E-state index >= 15 is 0 Å². The lowest BCUT2D eigenvalue weighted by Crippen LogP contribution is -2.43. The molecule has 2 heterocycles. The van der Waals surface area contributed by atoms with Crippen molar-refractivity contribution in [3.8, 4) is 5.75 Å². The van der Waals surface area contributed by atoms with E-state index < -0.39 is 0 Å². The molecule has 3 N–H and O–H groups in total. The molecule has 8 heteroatoms. The topological polar surface area (TPSA) is 80.2 Å². The Bertz CT molecular complexity index is 664. The van der Waals surface area contributed by atoms with Gasteiger partial charge in [0, 0.05) is 32.2 Å². The van der Waals surface area contributed by atoms with Crippen LogP contribution in [0.2, 0.25) is 0 Å². The standard InChI is InChI=1S/C20H31N5O2.HI/c1-2-21-20(25-14-9-16(15-25)24-12-5-6-13-24)23-11-10-22-19(27)17-7-3-4-8-18(17)26;/h3-4,7-8,16,26H,2,5-6,9-15H2,1H3,(H,21,23)(H,22,27);1H. The molecule has 0 aromatic heterocycles. The summed E-state index contributed by atoms with van der Waals surface area (Å²) in [5.41, 5.74) is 0.293. The molecule has 1 aromatic rings. The molecule has 156 valence electrons. The first-order chi connectivity index (χ1) is 13.2. The Labute approximate surface area is 184 Å². The molecule has 0 saturated carbocycles. The summed E-state index contributed by atoms with van der Waals surface area (Å²) in [7, 11) is 0. The molecule has 0 radical (unpaired) electrons. The number of halogens is 1. The fraction of sp³-hybridized carbons (Fsp3) is 0.600. The molecule has 2 saturated heterocycles. The monoisotopic (exact) mass is 501 g/mol. The second-order valence-electron chi connectivity index (χ2n) is 7.14. The SMILES string of the molecule is CCNC(=NCCNC(=O)c1ccccc1O)N1CCC(N2CCCC2)C1.I. The lowest BCUT2D eigenvalue weighted by atomic mass is 10.2. The molecule has 1 atom stereocenters. The highest BCUT2D eigenvalue weighted by atomic mass is 127. The van der Waals surface area contributed by atoms with E-state index in [1.165, 1.54) is 38.4 Å². The minimum atomic E-state index is -0.274. The van der Waals surface area contributed by atoms with E-state index in [0.29, 0.717) is 24.7 Å². The van der Waals surface area contributed by atoms with E-state index in [0.717, 1.165) is 25.6 Å². The number of nitrogens with one attached hydrogen (secondary N) is 2. The Morgan fingerprint density at radius 1 is 1.21 bits per heavy atom. The summed E-state index contributed by atoms with van der Waals surface area (Å²) in [6.45, 7) is 8.35. The van der Waals surface area contributed by atoms with Crippen molar-refractivity contribution < 1.29 is 9.90 Å². The third kappa shape index (κ3) is 5.97. The second kappa shape index (κ2) is 11.5. The van der Waals surface area contributed by atoms with Crippen LogP contribution in [0, 0.1) is 0 Å². The summed E-state index contributed by atoms with van der Waals surface area (Å²) in [6.07, 6.45) is 3.83. The molecule has 7 nitrogen and oxygen atoms in total. The number of carbonyl (C=O) groups excluding carboxylic acids is 1. The normalized spacial score (nSPS) is 20.1. The fourth-order valence-electron chi connectivity index (χ4n) is 3.86. The van der Waals surface area contributed by atoms with Gasteiger partial charge in [-0.1, -0.05) is 12.1 Å². The van der Waals surface area contributed by atoms with Crippen molar-refractivity contribution in [3.05, 3.63) is 29.8 Å². The molecule has 0 spiro atoms. The van der Waals surface area contributed by atoms with Gasteiger partial charge in [-0.3, -0.25) is 14.7 Å². The summed E-state index contributed by atoms with van der Waals surface area (Å²) in [5.74, 6) is 0.649. The number of amides is 1. The van der Waals surface area contributed by atoms with Crippen LogP contribution >= 0.6 is 24.0 Å². The van der Waals surface area contributed by atoms with Gasteiger partial charge in [0.25, 0.3) is 5.91 Å². The fourth-order valence-corrected chi connectivity index (χ4v) is 3.86. The summed E-state index contributed by atoms with van der Waals surface area (Å²) in [4.78, 5) is 21.7. The zero-order valence-corrected chi connectivity index (χ0v) is 18.9. The van der Waals surface area contributed by atoms with Gasteiger partial charge in [0.2, 0.25) is 0 Å². The average molecular weight is 501 g/mol. The van der Waals surface area contributed by atoms with Crippen LogP contribution in [0.25, 0.3) is 0 Å². The number of benzene rings is 1. The van der Waals surface area contributed by atoms with Crippen LogP contribution in [-0.2, 0) is 0 Å². The Hall–Kier alpha value is -1.55. The van der Waals surface area contributed by atoms with E-state index in [-0.39, 0.29) is 35.6 Å². The van der Waals surface area contributed by atoms with E-state index in [1.54, 1.807) is 18.2 Å². The summed E-state index contributed by atoms with van der Waals surface area (Å²) in [6, 6.07) is 7.20. The Morgan fingerprint density at radius 2 is 1.96 bits per heavy atom. The lowest BCUT2D eigenvalue weighted by Gasteiger charge is -2.25. The van der Waals surface area contributed by atoms with Crippen molar-refractivity contribution >= 4 is 35.8 Å². The van der Waals surface area contributed by atoms with Gasteiger partial charge in [0.05, 0.1) is 12.1 Å². The van der Waals surface area contributed by atoms with Crippen molar-refractivity contribution in [3.63, 3.8) is 0 Å². The van der Waals surface area contributed by atoms with Crippen LogP contribution in [0.1, 0.15) is 36.5 Å². The highest BCUT2D eigenvalue weighted by Crippen LogP contribution is 2.20. The van der Waals surface area contributed by atoms with E-state index in [1.807, 2.05) is 0 Å². The predicted molar refractivity (Wildman–Crippen MR) is 123 cm³/mol. The second-order valence-corrected chi connectivity index (χ2v) is 7.14. The maximum absolute atomic E-state index is 12.1. The zero-order chi connectivity index (χ0) is 19.1. The molecule has 0 aliphatic carbocycles. The van der Waals surface area contributed by atoms with Gasteiger partial charge in [-0.05, 0) is 51.4 Å². The van der Waals surface area contributed by atoms with Crippen LogP contribution in [0.3, 0.4) is 0 Å². The van der Waals surface area contributed by atoms with Crippen molar-refractivity contribution in [2.45, 2.75) is 32.2 Å². The molecular weight excluding hydrogens is 469 g/mol. The number of nitrogens with zero attached hydrogens (tertiary/aromatic N) is 3. The molecule has 1 unspecified atom stereocenters. The van der Waals surface area contributed by atoms with Crippen LogP contribution in [0.5, 0.6) is 5.75 Å². The molecular formula is C20H32IN5O2. The number of carbonyl (C=O) groups is 1. The summed E-state index contributed by atoms with van der Waals surface area (Å²) in [5, 5.41) is 15.9. The minimum Gasteiger partial charge on any atom is -0.507 e. The number of aliphatic imine (C=N–C) groups is 1.